The monoisotopic (exact) mass is 884 g/mol. The molecule has 0 fully saturated rings. The zero-order chi connectivity index (χ0) is 46.5. The minimum Gasteiger partial charge on any atom is -0.310 e. The van der Waals surface area contributed by atoms with Crippen molar-refractivity contribution < 1.29 is 0 Å². The first kappa shape index (κ1) is 41.0. The first-order valence-corrected chi connectivity index (χ1v) is 24.3. The number of hydrogen-bond acceptors (Lipinski definition) is 2. The van der Waals surface area contributed by atoms with Gasteiger partial charge in [0.2, 0.25) is 0 Å². The van der Waals surface area contributed by atoms with E-state index in [9.17, 15) is 0 Å². The quantitative estimate of drug-likeness (QED) is 0.157. The lowest BCUT2D eigenvalue weighted by molar-refractivity contribution is 0.627. The summed E-state index contributed by atoms with van der Waals surface area (Å²) in [7, 11) is 0. The minimum absolute atomic E-state index is 0.122. The second-order valence-corrected chi connectivity index (χ2v) is 20.1. The highest BCUT2D eigenvalue weighted by Gasteiger charge is 2.47. The van der Waals surface area contributed by atoms with E-state index in [2.05, 4.69) is 280 Å². The fourth-order valence-electron chi connectivity index (χ4n) is 12.4. The summed E-state index contributed by atoms with van der Waals surface area (Å²) in [5.41, 5.74) is 24.2. The molecule has 0 saturated heterocycles. The summed E-state index contributed by atoms with van der Waals surface area (Å²) < 4.78 is 0. The summed E-state index contributed by atoms with van der Waals surface area (Å²) in [4.78, 5) is 4.91. The van der Waals surface area contributed by atoms with Crippen LogP contribution >= 0.6 is 0 Å². The molecule has 10 aromatic rings. The minimum atomic E-state index is -0.485. The van der Waals surface area contributed by atoms with E-state index in [1.165, 1.54) is 89.3 Å². The maximum atomic E-state index is 2.53. The van der Waals surface area contributed by atoms with Crippen LogP contribution in [0.1, 0.15) is 72.2 Å². The van der Waals surface area contributed by atoms with Crippen molar-refractivity contribution in [2.45, 2.75) is 43.9 Å². The number of nitrogens with zero attached hydrogens (tertiary/aromatic N) is 2. The van der Waals surface area contributed by atoms with Gasteiger partial charge in [0.15, 0.2) is 0 Å². The number of anilines is 6. The molecule has 13 rings (SSSR count). The molecule has 0 spiro atoms. The van der Waals surface area contributed by atoms with Gasteiger partial charge in [-0.2, -0.15) is 0 Å². The Morgan fingerprint density at radius 3 is 1.42 bits per heavy atom. The summed E-state index contributed by atoms with van der Waals surface area (Å²) >= 11 is 0. The largest absolute Gasteiger partial charge is 0.310 e. The average Bonchev–Trinajstić information content (AvgIpc) is 3.83. The maximum absolute atomic E-state index is 2.53. The van der Waals surface area contributed by atoms with Crippen molar-refractivity contribution in [3.05, 3.63) is 287 Å². The lowest BCUT2D eigenvalue weighted by Gasteiger charge is -2.43. The van der Waals surface area contributed by atoms with Crippen molar-refractivity contribution in [2.24, 2.45) is 0 Å². The van der Waals surface area contributed by atoms with Crippen LogP contribution < -0.4 is 9.80 Å². The normalized spacial score (nSPS) is 15.0. The van der Waals surface area contributed by atoms with E-state index >= 15 is 0 Å². The molecule has 330 valence electrons. The van der Waals surface area contributed by atoms with E-state index in [1.807, 2.05) is 0 Å². The first-order valence-electron chi connectivity index (χ1n) is 24.3. The van der Waals surface area contributed by atoms with Crippen LogP contribution in [0.5, 0.6) is 0 Å². The summed E-state index contributed by atoms with van der Waals surface area (Å²) in [6.45, 7) is 9.53. The zero-order valence-electron chi connectivity index (χ0n) is 39.5. The van der Waals surface area contributed by atoms with Gasteiger partial charge >= 0.3 is 0 Å². The molecule has 10 aromatic carbocycles. The fraction of sp³-hybridized carbons (Fsp3) is 0.104. The number of para-hydroxylation sites is 1. The van der Waals surface area contributed by atoms with Crippen LogP contribution in [-0.4, -0.2) is 0 Å². The predicted molar refractivity (Wildman–Crippen MR) is 288 cm³/mol. The molecule has 3 aliphatic rings. The number of benzene rings is 10. The molecule has 1 heterocycles. The predicted octanol–water partition coefficient (Wildman–Crippen LogP) is 17.6. The third-order valence-corrected chi connectivity index (χ3v) is 15.7. The van der Waals surface area contributed by atoms with E-state index in [0.29, 0.717) is 0 Å². The van der Waals surface area contributed by atoms with Gasteiger partial charge < -0.3 is 9.80 Å². The number of hydrogen-bond donors (Lipinski definition) is 0. The van der Waals surface area contributed by atoms with Gasteiger partial charge in [-0.25, -0.2) is 0 Å². The molecule has 2 heteroatoms. The van der Waals surface area contributed by atoms with Gasteiger partial charge in [-0.15, -0.1) is 0 Å². The second-order valence-electron chi connectivity index (χ2n) is 20.1. The Morgan fingerprint density at radius 2 is 0.768 bits per heavy atom. The van der Waals surface area contributed by atoms with Crippen LogP contribution in [0.2, 0.25) is 0 Å². The SMILES string of the molecule is CC1(C)c2ccccc2-c2ccc(N(c3ccc(-c4ccccc4)cc3)c3ccc(N4c5ccccc5C(C)(C)c5cc(C6(c7ccccc7)c7ccccc7-c7ccccc76)ccc54)cc3)cc21. The van der Waals surface area contributed by atoms with E-state index < -0.39 is 5.41 Å². The van der Waals surface area contributed by atoms with Gasteiger partial charge in [-0.3, -0.25) is 0 Å². The smallest absolute Gasteiger partial charge is 0.0713 e. The van der Waals surface area contributed by atoms with Crippen molar-refractivity contribution in [3.8, 4) is 33.4 Å². The van der Waals surface area contributed by atoms with Crippen molar-refractivity contribution >= 4 is 34.1 Å². The number of fused-ring (bicyclic) bond motifs is 8. The van der Waals surface area contributed by atoms with Gasteiger partial charge in [-0.1, -0.05) is 210 Å². The van der Waals surface area contributed by atoms with Gasteiger partial charge in [0.1, 0.15) is 0 Å². The summed E-state index contributed by atoms with van der Waals surface area (Å²) in [6, 6.07) is 90.4. The lowest BCUT2D eigenvalue weighted by Crippen LogP contribution is -2.33. The Morgan fingerprint density at radius 1 is 0.304 bits per heavy atom. The Labute approximate surface area is 406 Å². The van der Waals surface area contributed by atoms with Crippen LogP contribution in [0.4, 0.5) is 34.1 Å². The summed E-state index contributed by atoms with van der Waals surface area (Å²) in [6.07, 6.45) is 0. The fourth-order valence-corrected chi connectivity index (χ4v) is 12.4. The third-order valence-electron chi connectivity index (χ3n) is 15.7. The van der Waals surface area contributed by atoms with Crippen LogP contribution in [0.3, 0.4) is 0 Å². The Hall–Kier alpha value is -8.20. The van der Waals surface area contributed by atoms with Crippen LogP contribution in [-0.2, 0) is 16.2 Å². The molecule has 0 saturated carbocycles. The average molecular weight is 885 g/mol. The molecule has 2 nitrogen and oxygen atoms in total. The molecule has 0 bridgehead atoms. The maximum Gasteiger partial charge on any atom is 0.0713 e. The molecule has 0 unspecified atom stereocenters. The molecular formula is C67H52N2. The highest BCUT2D eigenvalue weighted by Crippen LogP contribution is 2.59. The van der Waals surface area contributed by atoms with Crippen molar-refractivity contribution in [1.29, 1.82) is 0 Å². The molecule has 0 aromatic heterocycles. The molecule has 0 atom stereocenters. The third kappa shape index (κ3) is 6.04. The molecule has 0 radical (unpaired) electrons. The Bertz CT molecular complexity index is 3560. The van der Waals surface area contributed by atoms with Gasteiger partial charge in [0, 0.05) is 33.6 Å². The van der Waals surface area contributed by atoms with Crippen LogP contribution in [0.25, 0.3) is 33.4 Å². The van der Waals surface area contributed by atoms with Crippen molar-refractivity contribution in [1.82, 2.24) is 0 Å². The van der Waals surface area contributed by atoms with E-state index in [-0.39, 0.29) is 10.8 Å². The summed E-state index contributed by atoms with van der Waals surface area (Å²) in [5, 5.41) is 0. The summed E-state index contributed by atoms with van der Waals surface area (Å²) in [5.74, 6) is 0. The zero-order valence-corrected chi connectivity index (χ0v) is 39.5. The van der Waals surface area contributed by atoms with E-state index in [1.54, 1.807) is 0 Å². The molecule has 0 amide bonds. The number of rotatable bonds is 7. The molecule has 1 aliphatic heterocycles. The van der Waals surface area contributed by atoms with Crippen LogP contribution in [0.15, 0.2) is 243 Å². The van der Waals surface area contributed by atoms with Crippen molar-refractivity contribution in [2.75, 3.05) is 9.80 Å². The molecule has 0 N–H and O–H groups in total. The Balaban J connectivity index is 0.955. The van der Waals surface area contributed by atoms with Gasteiger partial charge in [0.25, 0.3) is 0 Å². The van der Waals surface area contributed by atoms with E-state index in [0.717, 1.165) is 22.7 Å². The van der Waals surface area contributed by atoms with Crippen LogP contribution in [0, 0.1) is 0 Å². The highest BCUT2D eigenvalue weighted by atomic mass is 15.2. The Kier molecular flexibility index (Phi) is 9.17. The van der Waals surface area contributed by atoms with Gasteiger partial charge in [-0.05, 0) is 139 Å². The molecular weight excluding hydrogens is 833 g/mol. The standard InChI is InChI=1S/C67H52N2/c1-65(2)57-26-14-11-23-53(57)56-41-40-52(44-61(56)65)68(49-34-31-46(32-35-49)45-19-7-5-8-20-45)50-36-38-51(39-37-50)69-63-30-18-17-29-60(63)66(3,4)62-43-48(33-42-64(62)69)67(47-21-9-6-10-22-47)58-27-15-12-24-54(58)55-25-13-16-28-59(55)67/h5-44H,1-4H3. The topological polar surface area (TPSA) is 6.48 Å². The molecule has 2 aliphatic carbocycles. The first-order chi connectivity index (χ1) is 33.7. The van der Waals surface area contributed by atoms with Crippen molar-refractivity contribution in [3.63, 3.8) is 0 Å². The van der Waals surface area contributed by atoms with E-state index in [4.69, 9.17) is 0 Å². The second kappa shape index (κ2) is 15.4. The van der Waals surface area contributed by atoms with Gasteiger partial charge in [0.05, 0.1) is 16.8 Å². The lowest BCUT2D eigenvalue weighted by atomic mass is 9.65. The molecule has 69 heavy (non-hydrogen) atoms. The highest BCUT2D eigenvalue weighted by molar-refractivity contribution is 5.91.